The first kappa shape index (κ1) is 24.0. The van der Waals surface area contributed by atoms with Crippen molar-refractivity contribution in [2.24, 2.45) is 0 Å². The highest BCUT2D eigenvalue weighted by Gasteiger charge is 2.33. The molecule has 6 rings (SSSR count). The zero-order valence-corrected chi connectivity index (χ0v) is 28.8. The molecule has 1 aromatic heterocycles. The second kappa shape index (κ2) is 16.7. The fourth-order valence-electron chi connectivity index (χ4n) is 5.36. The number of likely N-dealkylation sites (tertiary alicyclic amines) is 1. The van der Waals surface area contributed by atoms with E-state index in [1.54, 1.807) is 0 Å². The first-order valence-corrected chi connectivity index (χ1v) is 16.8. The molecule has 12 heteroatoms. The van der Waals surface area contributed by atoms with Crippen molar-refractivity contribution in [3.05, 3.63) is 136 Å². The first-order chi connectivity index (χ1) is 30.6. The van der Waals surface area contributed by atoms with Gasteiger partial charge in [0.25, 0.3) is 0 Å². The summed E-state index contributed by atoms with van der Waals surface area (Å²) in [6.07, 6.45) is -13.2. The molecule has 0 radical (unpaired) electrons. The van der Waals surface area contributed by atoms with Crippen molar-refractivity contribution in [1.82, 2.24) is 14.4 Å². The Kier molecular flexibility index (Phi) is 7.54. The van der Waals surface area contributed by atoms with Gasteiger partial charge in [-0.05, 0) is 66.7 Å². The van der Waals surface area contributed by atoms with Gasteiger partial charge in [-0.1, -0.05) is 60.7 Å². The topological polar surface area (TPSA) is 54.8 Å². The van der Waals surface area contributed by atoms with Crippen LogP contribution >= 0.6 is 11.8 Å². The molecule has 0 saturated carbocycles. The van der Waals surface area contributed by atoms with Crippen LogP contribution in [0.4, 0.5) is 22.0 Å². The normalized spacial score (nSPS) is 24.2. The molecule has 1 amide bonds. The zero-order valence-electron chi connectivity index (χ0n) is 42.0. The van der Waals surface area contributed by atoms with E-state index in [1.165, 1.54) is 48.5 Å². The quantitative estimate of drug-likeness (QED) is 0.0939. The number of rotatable bonds is 12. The van der Waals surface area contributed by atoms with Crippen molar-refractivity contribution < 1.29 is 50.7 Å². The van der Waals surface area contributed by atoms with E-state index in [1.807, 2.05) is 0 Å². The fraction of sp³-hybridized carbons (Fsp3) is 0.317. The third-order valence-corrected chi connectivity index (χ3v) is 9.15. The predicted octanol–water partition coefficient (Wildman–Crippen LogP) is 8.96. The predicted molar refractivity (Wildman–Crippen MR) is 198 cm³/mol. The van der Waals surface area contributed by atoms with Crippen molar-refractivity contribution in [1.29, 1.82) is 0 Å². The molecule has 0 spiro atoms. The summed E-state index contributed by atoms with van der Waals surface area (Å²) in [7, 11) is 0.811. The van der Waals surface area contributed by atoms with Crippen LogP contribution in [-0.2, 0) is 28.0 Å². The van der Waals surface area contributed by atoms with Crippen LogP contribution in [0.3, 0.4) is 0 Å². The molecular formula is C41H40F5N3O3S. The molecule has 1 fully saturated rings. The van der Waals surface area contributed by atoms with Crippen LogP contribution in [0.5, 0.6) is 0 Å². The van der Waals surface area contributed by atoms with Crippen molar-refractivity contribution >= 4 is 28.6 Å². The molecule has 2 heterocycles. The van der Waals surface area contributed by atoms with Gasteiger partial charge in [0.1, 0.15) is 6.50 Å². The van der Waals surface area contributed by atoms with Gasteiger partial charge in [0.2, 0.25) is 5.91 Å². The lowest BCUT2D eigenvalue weighted by atomic mass is 9.96. The Bertz CT molecular complexity index is 2730. The Labute approximate surface area is 328 Å². The number of benzene rings is 4. The van der Waals surface area contributed by atoms with E-state index in [2.05, 4.69) is 0 Å². The summed E-state index contributed by atoms with van der Waals surface area (Å²) in [5.41, 5.74) is -2.43. The summed E-state index contributed by atoms with van der Waals surface area (Å²) in [4.78, 5) is 28.6. The highest BCUT2D eigenvalue weighted by molar-refractivity contribution is 7.98. The van der Waals surface area contributed by atoms with Crippen LogP contribution in [0.2, 0.25) is 0 Å². The maximum Gasteiger partial charge on any atom is 0.416 e. The lowest BCUT2D eigenvalue weighted by Gasteiger charge is -2.42. The molecule has 0 N–H and O–H groups in total. The minimum absolute atomic E-state index is 0.205. The average molecular weight is 764 g/mol. The smallest absolute Gasteiger partial charge is 0.383 e. The number of nitrogens with zero attached hydrogens (tertiary/aromatic N) is 3. The minimum atomic E-state index is -4.67. The number of fused-ring (bicyclic) bond motifs is 1. The second-order valence-electron chi connectivity index (χ2n) is 11.4. The van der Waals surface area contributed by atoms with Gasteiger partial charge in [-0.15, -0.1) is 11.8 Å². The minimum Gasteiger partial charge on any atom is -0.383 e. The first-order valence-electron chi connectivity index (χ1n) is 22.8. The lowest BCUT2D eigenvalue weighted by Crippen LogP contribution is -2.49. The van der Waals surface area contributed by atoms with Gasteiger partial charge in [-0.25, -0.2) is 8.78 Å². The molecule has 1 saturated heterocycles. The van der Waals surface area contributed by atoms with Crippen LogP contribution in [0.25, 0.3) is 22.0 Å². The monoisotopic (exact) mass is 763 g/mol. The van der Waals surface area contributed by atoms with E-state index in [4.69, 9.17) is 13.0 Å². The van der Waals surface area contributed by atoms with Crippen LogP contribution in [0.15, 0.2) is 107 Å². The Balaban J connectivity index is 1.62. The molecule has 4 aromatic carbocycles. The van der Waals surface area contributed by atoms with Crippen molar-refractivity contribution in [3.63, 3.8) is 0 Å². The van der Waals surface area contributed by atoms with E-state index in [0.717, 1.165) is 62.6 Å². The van der Waals surface area contributed by atoms with Gasteiger partial charge >= 0.3 is 6.18 Å². The third kappa shape index (κ3) is 8.83. The van der Waals surface area contributed by atoms with E-state index in [-0.39, 0.29) is 37.4 Å². The van der Waals surface area contributed by atoms with Gasteiger partial charge in [0, 0.05) is 66.4 Å². The summed E-state index contributed by atoms with van der Waals surface area (Å²) in [6, 6.07) is 10.1. The largest absolute Gasteiger partial charge is 0.416 e. The van der Waals surface area contributed by atoms with Crippen LogP contribution in [0, 0.1) is 11.6 Å². The SMILES string of the molecule is [2H]C([2H])(CN1C([2H])([2H])C([2H])([2H])C([2H])(N(C(=O)C([2H])([2H])n2c(SCc3cccc(F)c3F)cc(=O)c3ccccc32)C([2H])(C)c2ccc(-c3ccc(C(F)(F)F)cc3)cc2)C([2H])([2H])C1([2H])[2H])OC. The number of halogens is 5. The number of piperidine rings is 1. The third-order valence-electron chi connectivity index (χ3n) is 8.10. The number of thioether (sulfide) groups is 1. The number of pyridine rings is 1. The van der Waals surface area contributed by atoms with E-state index in [0.29, 0.717) is 16.3 Å². The number of hydrogen-bond donors (Lipinski definition) is 0. The van der Waals surface area contributed by atoms with Gasteiger partial charge < -0.3 is 19.1 Å². The Morgan fingerprint density at radius 2 is 1.68 bits per heavy atom. The standard InChI is InChI=1S/C41H40F5N3O3S/c1-27(28-10-12-29(13-11-28)30-14-16-32(17-15-30)41(44,45)46)49(33-18-20-47(21-19-33)22-23-52-2)38(51)25-48-36-9-4-3-7-34(36)37(50)24-39(48)53-26-31-6-5-8-35(42)40(31)43/h3-17,24,27,33H,18-23,25-26H2,1-2H3/i18D2,19D2,20D2,21D2,23D2,25D2,27D,33D. The van der Waals surface area contributed by atoms with Crippen LogP contribution in [-0.4, -0.2) is 59.5 Å². The molecule has 278 valence electrons. The maximum atomic E-state index is 15.6. The van der Waals surface area contributed by atoms with Crippen molar-refractivity contribution in [2.75, 3.05) is 33.2 Å². The molecule has 1 aliphatic rings. The molecule has 5 aromatic rings. The highest BCUT2D eigenvalue weighted by Crippen LogP contribution is 2.34. The maximum absolute atomic E-state index is 15.6. The van der Waals surface area contributed by atoms with Crippen molar-refractivity contribution in [2.45, 2.75) is 55.2 Å². The molecule has 53 heavy (non-hydrogen) atoms. The summed E-state index contributed by atoms with van der Waals surface area (Å²) in [6.45, 7) is -15.6. The molecular weight excluding hydrogens is 710 g/mol. The number of carbonyl (C=O) groups excluding carboxylic acids is 1. The highest BCUT2D eigenvalue weighted by atomic mass is 32.2. The number of aromatic nitrogens is 1. The Morgan fingerprint density at radius 1 is 1.02 bits per heavy atom. The number of amides is 1. The molecule has 1 atom stereocenters. The molecule has 1 unspecified atom stereocenters. The molecule has 1 aliphatic heterocycles. The van der Waals surface area contributed by atoms with Crippen molar-refractivity contribution in [3.8, 4) is 11.1 Å². The number of alkyl halides is 3. The number of ether oxygens (including phenoxy) is 1. The second-order valence-corrected chi connectivity index (χ2v) is 12.4. The number of para-hydroxylation sites is 1. The van der Waals surface area contributed by atoms with E-state index in [9.17, 15) is 37.7 Å². The summed E-state index contributed by atoms with van der Waals surface area (Å²) in [5, 5.41) is -0.704. The lowest BCUT2D eigenvalue weighted by molar-refractivity contribution is -0.138. The van der Waals surface area contributed by atoms with Crippen LogP contribution < -0.4 is 5.43 Å². The Hall–Kier alpha value is -4.52. The number of hydrogen-bond acceptors (Lipinski definition) is 5. The van der Waals surface area contributed by atoms with Gasteiger partial charge in [-0.2, -0.15) is 13.2 Å². The molecule has 6 nitrogen and oxygen atoms in total. The zero-order chi connectivity index (χ0) is 50.3. The van der Waals surface area contributed by atoms with Crippen LogP contribution in [0.1, 0.15) is 61.6 Å². The molecule has 0 bridgehead atoms. The fourth-order valence-corrected chi connectivity index (χ4v) is 6.34. The summed E-state index contributed by atoms with van der Waals surface area (Å²) < 4.78 is 203. The Morgan fingerprint density at radius 3 is 2.34 bits per heavy atom. The average Bonchev–Trinajstić information content (AvgIpc) is 3.25. The van der Waals surface area contributed by atoms with Gasteiger partial charge in [0.15, 0.2) is 17.1 Å². The number of carbonyl (C=O) groups is 1. The van der Waals surface area contributed by atoms with Gasteiger partial charge in [0.05, 0.1) is 36.9 Å². The number of methoxy groups -OCH3 is 1. The molecule has 0 aliphatic carbocycles. The summed E-state index contributed by atoms with van der Waals surface area (Å²) in [5.74, 6) is -5.22. The van der Waals surface area contributed by atoms with E-state index < -0.39 is 108 Å². The van der Waals surface area contributed by atoms with Gasteiger partial charge in [-0.3, -0.25) is 9.59 Å². The summed E-state index contributed by atoms with van der Waals surface area (Å²) >= 11 is 0.522. The van der Waals surface area contributed by atoms with E-state index >= 15 is 4.79 Å².